The van der Waals surface area contributed by atoms with Crippen LogP contribution in [0.4, 0.5) is 4.79 Å². The average molecular weight is 369 g/mol. The molecule has 0 unspecified atom stereocenters. The first-order chi connectivity index (χ1) is 12.1. The van der Waals surface area contributed by atoms with Gasteiger partial charge in [0.05, 0.1) is 13.2 Å². The zero-order chi connectivity index (χ0) is 20.0. The SMILES string of the molecule is COC(=O)N[C@H](C(=O)N1CCC[C@H]1C(=O)N[C@H](C(C)=O)C(C)C)C(C)C. The summed E-state index contributed by atoms with van der Waals surface area (Å²) in [6, 6.07) is -1.98. The minimum Gasteiger partial charge on any atom is -0.453 e. The molecule has 1 heterocycles. The lowest BCUT2D eigenvalue weighted by Gasteiger charge is -2.31. The van der Waals surface area contributed by atoms with Crippen molar-refractivity contribution in [2.75, 3.05) is 13.7 Å². The number of carbonyl (C=O) groups is 4. The van der Waals surface area contributed by atoms with Crippen molar-refractivity contribution in [2.24, 2.45) is 11.8 Å². The maximum absolute atomic E-state index is 12.9. The van der Waals surface area contributed by atoms with E-state index in [1.807, 2.05) is 27.7 Å². The average Bonchev–Trinajstić information content (AvgIpc) is 3.05. The van der Waals surface area contributed by atoms with Crippen LogP contribution in [0.1, 0.15) is 47.5 Å². The fraction of sp³-hybridized carbons (Fsp3) is 0.778. The summed E-state index contributed by atoms with van der Waals surface area (Å²) >= 11 is 0. The molecular formula is C18H31N3O5. The molecule has 0 aromatic rings. The zero-order valence-corrected chi connectivity index (χ0v) is 16.5. The molecular weight excluding hydrogens is 338 g/mol. The Labute approximate surface area is 155 Å². The highest BCUT2D eigenvalue weighted by atomic mass is 16.5. The van der Waals surface area contributed by atoms with Gasteiger partial charge in [-0.15, -0.1) is 0 Å². The summed E-state index contributed by atoms with van der Waals surface area (Å²) in [6.45, 7) is 9.23. The molecule has 3 atom stereocenters. The van der Waals surface area contributed by atoms with Gasteiger partial charge in [-0.1, -0.05) is 27.7 Å². The molecule has 0 spiro atoms. The summed E-state index contributed by atoms with van der Waals surface area (Å²) in [5.41, 5.74) is 0. The Kier molecular flexibility index (Phi) is 8.05. The predicted molar refractivity (Wildman–Crippen MR) is 96.4 cm³/mol. The van der Waals surface area contributed by atoms with Crippen molar-refractivity contribution >= 4 is 23.7 Å². The molecule has 0 radical (unpaired) electrons. The van der Waals surface area contributed by atoms with E-state index in [1.165, 1.54) is 18.9 Å². The van der Waals surface area contributed by atoms with Crippen molar-refractivity contribution in [3.05, 3.63) is 0 Å². The van der Waals surface area contributed by atoms with E-state index in [0.29, 0.717) is 19.4 Å². The highest BCUT2D eigenvalue weighted by molar-refractivity contribution is 5.94. The van der Waals surface area contributed by atoms with Crippen LogP contribution in [0.25, 0.3) is 0 Å². The molecule has 8 heteroatoms. The quantitative estimate of drug-likeness (QED) is 0.699. The first-order valence-corrected chi connectivity index (χ1v) is 9.05. The third kappa shape index (κ3) is 5.44. The third-order valence-corrected chi connectivity index (χ3v) is 4.63. The van der Waals surface area contributed by atoms with Crippen molar-refractivity contribution in [1.82, 2.24) is 15.5 Å². The lowest BCUT2D eigenvalue weighted by Crippen LogP contribution is -2.57. The summed E-state index contributed by atoms with van der Waals surface area (Å²) < 4.78 is 4.59. The Morgan fingerprint density at radius 3 is 2.04 bits per heavy atom. The van der Waals surface area contributed by atoms with Crippen LogP contribution in [0.3, 0.4) is 0 Å². The van der Waals surface area contributed by atoms with Gasteiger partial charge in [0.1, 0.15) is 12.1 Å². The fourth-order valence-corrected chi connectivity index (χ4v) is 3.17. The number of carbonyl (C=O) groups excluding carboxylic acids is 4. The molecule has 1 rings (SSSR count). The van der Waals surface area contributed by atoms with Crippen molar-refractivity contribution in [1.29, 1.82) is 0 Å². The largest absolute Gasteiger partial charge is 0.453 e. The summed E-state index contributed by atoms with van der Waals surface area (Å²) in [7, 11) is 1.23. The maximum Gasteiger partial charge on any atom is 0.407 e. The minimum absolute atomic E-state index is 0.0357. The maximum atomic E-state index is 12.9. The van der Waals surface area contributed by atoms with E-state index in [9.17, 15) is 19.2 Å². The first kappa shape index (κ1) is 21.9. The predicted octanol–water partition coefficient (Wildman–Crippen LogP) is 1.09. The number of alkyl carbamates (subject to hydrolysis) is 1. The molecule has 0 bridgehead atoms. The fourth-order valence-electron chi connectivity index (χ4n) is 3.17. The summed E-state index contributed by atoms with van der Waals surface area (Å²) in [4.78, 5) is 50.4. The van der Waals surface area contributed by atoms with Gasteiger partial charge in [-0.3, -0.25) is 14.4 Å². The molecule has 3 amide bonds. The Hall–Kier alpha value is -2.12. The Morgan fingerprint density at radius 1 is 1.00 bits per heavy atom. The van der Waals surface area contributed by atoms with Gasteiger partial charge in [-0.05, 0) is 31.6 Å². The molecule has 0 saturated carbocycles. The van der Waals surface area contributed by atoms with E-state index in [1.54, 1.807) is 0 Å². The number of nitrogens with one attached hydrogen (secondary N) is 2. The number of likely N-dealkylation sites (tertiary alicyclic amines) is 1. The number of ketones is 1. The van der Waals surface area contributed by atoms with Crippen molar-refractivity contribution in [3.63, 3.8) is 0 Å². The van der Waals surface area contributed by atoms with E-state index in [4.69, 9.17) is 0 Å². The molecule has 0 aromatic carbocycles. The van der Waals surface area contributed by atoms with Gasteiger partial charge in [0.15, 0.2) is 5.78 Å². The normalized spacial score (nSPS) is 19.2. The molecule has 1 aliphatic rings. The summed E-state index contributed by atoms with van der Waals surface area (Å²) in [6.07, 6.45) is 0.538. The number of Topliss-reactive ketones (excluding diaryl/α,β-unsaturated/α-hetero) is 1. The van der Waals surface area contributed by atoms with E-state index >= 15 is 0 Å². The monoisotopic (exact) mass is 369 g/mol. The van der Waals surface area contributed by atoms with E-state index < -0.39 is 24.2 Å². The molecule has 1 aliphatic heterocycles. The second-order valence-corrected chi connectivity index (χ2v) is 7.39. The number of amides is 3. The van der Waals surface area contributed by atoms with Gasteiger partial charge >= 0.3 is 6.09 Å². The van der Waals surface area contributed by atoms with Crippen LogP contribution in [0.15, 0.2) is 0 Å². The van der Waals surface area contributed by atoms with E-state index in [2.05, 4.69) is 15.4 Å². The number of nitrogens with zero attached hydrogens (tertiary/aromatic N) is 1. The smallest absolute Gasteiger partial charge is 0.407 e. The van der Waals surface area contributed by atoms with Gasteiger partial charge in [-0.2, -0.15) is 0 Å². The van der Waals surface area contributed by atoms with Gasteiger partial charge in [0.2, 0.25) is 11.8 Å². The molecule has 1 saturated heterocycles. The number of hydrogen-bond donors (Lipinski definition) is 2. The van der Waals surface area contributed by atoms with Gasteiger partial charge in [0, 0.05) is 6.54 Å². The molecule has 148 valence electrons. The van der Waals surface area contributed by atoms with Gasteiger partial charge < -0.3 is 20.3 Å². The second kappa shape index (κ2) is 9.54. The second-order valence-electron chi connectivity index (χ2n) is 7.39. The number of hydrogen-bond acceptors (Lipinski definition) is 5. The van der Waals surface area contributed by atoms with E-state index in [0.717, 1.165) is 0 Å². The van der Waals surface area contributed by atoms with Crippen LogP contribution in [0, 0.1) is 11.8 Å². The Bertz CT molecular complexity index is 547. The number of ether oxygens (including phenoxy) is 1. The lowest BCUT2D eigenvalue weighted by molar-refractivity contribution is -0.141. The molecule has 0 aromatic heterocycles. The van der Waals surface area contributed by atoms with Crippen LogP contribution in [0.2, 0.25) is 0 Å². The highest BCUT2D eigenvalue weighted by Crippen LogP contribution is 2.21. The number of rotatable bonds is 7. The zero-order valence-electron chi connectivity index (χ0n) is 16.5. The van der Waals surface area contributed by atoms with Crippen LogP contribution >= 0.6 is 0 Å². The topological polar surface area (TPSA) is 105 Å². The van der Waals surface area contributed by atoms with Crippen molar-refractivity contribution in [2.45, 2.75) is 65.6 Å². The van der Waals surface area contributed by atoms with Crippen LogP contribution in [-0.2, 0) is 19.1 Å². The molecule has 26 heavy (non-hydrogen) atoms. The Morgan fingerprint density at radius 2 is 1.58 bits per heavy atom. The lowest BCUT2D eigenvalue weighted by atomic mass is 9.99. The third-order valence-electron chi connectivity index (χ3n) is 4.63. The van der Waals surface area contributed by atoms with Crippen LogP contribution in [0.5, 0.6) is 0 Å². The van der Waals surface area contributed by atoms with Gasteiger partial charge in [-0.25, -0.2) is 4.79 Å². The molecule has 2 N–H and O–H groups in total. The van der Waals surface area contributed by atoms with E-state index in [-0.39, 0.29) is 29.4 Å². The van der Waals surface area contributed by atoms with Crippen molar-refractivity contribution < 1.29 is 23.9 Å². The molecule has 8 nitrogen and oxygen atoms in total. The summed E-state index contributed by atoms with van der Waals surface area (Å²) in [5, 5.41) is 5.31. The minimum atomic E-state index is -0.774. The Balaban J connectivity index is 2.90. The van der Waals surface area contributed by atoms with Crippen LogP contribution < -0.4 is 10.6 Å². The molecule has 0 aliphatic carbocycles. The standard InChI is InChI=1S/C18H31N3O5/c1-10(2)14(12(5)22)19-16(23)13-8-7-9-21(13)17(24)15(11(3)4)20-18(25)26-6/h10-11,13-15H,7-9H2,1-6H3,(H,19,23)(H,20,25)/t13-,14-,15-/m0/s1. The van der Waals surface area contributed by atoms with Gasteiger partial charge in [0.25, 0.3) is 0 Å². The first-order valence-electron chi connectivity index (χ1n) is 9.05. The molecule has 1 fully saturated rings. The number of methoxy groups -OCH3 is 1. The van der Waals surface area contributed by atoms with Crippen molar-refractivity contribution in [3.8, 4) is 0 Å². The summed E-state index contributed by atoms with van der Waals surface area (Å²) in [5.74, 6) is -0.952. The van der Waals surface area contributed by atoms with Crippen LogP contribution in [-0.4, -0.2) is 60.4 Å². The highest BCUT2D eigenvalue weighted by Gasteiger charge is 2.39.